The molecule has 0 aliphatic heterocycles. The summed E-state index contributed by atoms with van der Waals surface area (Å²) in [4.78, 5) is 12.1. The Hall–Kier alpha value is -2.77. The largest absolute Gasteiger partial charge is 0.465 e. The van der Waals surface area contributed by atoms with E-state index in [1.807, 2.05) is 25.2 Å². The first-order valence-electron chi connectivity index (χ1n) is 7.54. The van der Waals surface area contributed by atoms with E-state index in [0.717, 1.165) is 5.56 Å². The molecule has 0 bridgehead atoms. The molecule has 0 aliphatic rings. The summed E-state index contributed by atoms with van der Waals surface area (Å²) in [5, 5.41) is 15.8. The second kappa shape index (κ2) is 7.42. The fourth-order valence-electron chi connectivity index (χ4n) is 2.59. The van der Waals surface area contributed by atoms with Gasteiger partial charge in [-0.3, -0.25) is 0 Å². The quantitative estimate of drug-likeness (QED) is 0.706. The third-order valence-electron chi connectivity index (χ3n) is 3.78. The van der Waals surface area contributed by atoms with Crippen molar-refractivity contribution in [2.45, 2.75) is 6.04 Å². The average Bonchev–Trinajstić information content (AvgIpc) is 3.12. The van der Waals surface area contributed by atoms with Crippen LogP contribution in [-0.2, 0) is 4.74 Å². The number of para-hydroxylation sites is 1. The molecule has 8 heteroatoms. The maximum atomic E-state index is 12.1. The first kappa shape index (κ1) is 17.1. The highest BCUT2D eigenvalue weighted by Crippen LogP contribution is 2.24. The number of carbonyl (C=O) groups is 1. The van der Waals surface area contributed by atoms with Crippen LogP contribution in [0.5, 0.6) is 0 Å². The van der Waals surface area contributed by atoms with Crippen molar-refractivity contribution in [1.29, 1.82) is 0 Å². The van der Waals surface area contributed by atoms with Gasteiger partial charge in [0, 0.05) is 5.02 Å². The van der Waals surface area contributed by atoms with Gasteiger partial charge >= 0.3 is 5.97 Å². The van der Waals surface area contributed by atoms with Crippen molar-refractivity contribution in [3.8, 4) is 5.69 Å². The van der Waals surface area contributed by atoms with E-state index in [1.54, 1.807) is 30.3 Å². The normalized spacial score (nSPS) is 12.0. The molecule has 0 spiro atoms. The Morgan fingerprint density at radius 1 is 1.20 bits per heavy atom. The van der Waals surface area contributed by atoms with E-state index in [4.69, 9.17) is 16.3 Å². The molecule has 3 rings (SSSR count). The highest BCUT2D eigenvalue weighted by atomic mass is 35.5. The third kappa shape index (κ3) is 3.38. The molecule has 25 heavy (non-hydrogen) atoms. The summed E-state index contributed by atoms with van der Waals surface area (Å²) >= 11 is 5.97. The molecule has 0 fully saturated rings. The summed E-state index contributed by atoms with van der Waals surface area (Å²) in [5.74, 6) is 0.0886. The Kier molecular flexibility index (Phi) is 5.06. The highest BCUT2D eigenvalue weighted by molar-refractivity contribution is 6.30. The molecule has 0 saturated heterocycles. The summed E-state index contributed by atoms with van der Waals surface area (Å²) in [6.07, 6.45) is 0. The number of aromatic nitrogens is 4. The molecule has 1 N–H and O–H groups in total. The number of hydrogen-bond donors (Lipinski definition) is 1. The van der Waals surface area contributed by atoms with E-state index in [-0.39, 0.29) is 6.04 Å². The van der Waals surface area contributed by atoms with Gasteiger partial charge in [-0.15, -0.1) is 5.10 Å². The number of carbonyl (C=O) groups excluding carboxylic acids is 1. The lowest BCUT2D eigenvalue weighted by Crippen LogP contribution is -2.23. The van der Waals surface area contributed by atoms with E-state index in [1.165, 1.54) is 11.8 Å². The van der Waals surface area contributed by atoms with Crippen LogP contribution in [0.3, 0.4) is 0 Å². The topological polar surface area (TPSA) is 81.9 Å². The Morgan fingerprint density at radius 3 is 2.60 bits per heavy atom. The zero-order valence-corrected chi connectivity index (χ0v) is 14.4. The summed E-state index contributed by atoms with van der Waals surface area (Å²) in [7, 11) is 3.15. The van der Waals surface area contributed by atoms with E-state index in [2.05, 4.69) is 20.8 Å². The molecule has 1 unspecified atom stereocenters. The number of methoxy groups -OCH3 is 1. The predicted molar refractivity (Wildman–Crippen MR) is 92.8 cm³/mol. The van der Waals surface area contributed by atoms with Gasteiger partial charge in [0.2, 0.25) is 0 Å². The predicted octanol–water partition coefficient (Wildman–Crippen LogP) is 2.41. The number of nitrogens with one attached hydrogen (secondary N) is 1. The van der Waals surface area contributed by atoms with Crippen LogP contribution in [0.1, 0.15) is 27.8 Å². The van der Waals surface area contributed by atoms with Crippen molar-refractivity contribution < 1.29 is 9.53 Å². The molecule has 3 aromatic rings. The lowest BCUT2D eigenvalue weighted by atomic mass is 10.1. The van der Waals surface area contributed by atoms with E-state index in [0.29, 0.717) is 22.1 Å². The van der Waals surface area contributed by atoms with Gasteiger partial charge < -0.3 is 10.1 Å². The maximum Gasteiger partial charge on any atom is 0.340 e. The van der Waals surface area contributed by atoms with Gasteiger partial charge in [0.05, 0.1) is 24.4 Å². The van der Waals surface area contributed by atoms with Crippen LogP contribution in [0.25, 0.3) is 5.69 Å². The van der Waals surface area contributed by atoms with Crippen LogP contribution in [-0.4, -0.2) is 40.3 Å². The summed E-state index contributed by atoms with van der Waals surface area (Å²) in [6, 6.07) is 14.1. The fourth-order valence-corrected chi connectivity index (χ4v) is 2.71. The average molecular weight is 358 g/mol. The second-order valence-corrected chi connectivity index (χ2v) is 5.67. The van der Waals surface area contributed by atoms with Crippen molar-refractivity contribution >= 4 is 17.6 Å². The van der Waals surface area contributed by atoms with Crippen LogP contribution in [0, 0.1) is 0 Å². The van der Waals surface area contributed by atoms with Gasteiger partial charge in [0.15, 0.2) is 5.82 Å². The van der Waals surface area contributed by atoms with Gasteiger partial charge in [0.25, 0.3) is 0 Å². The zero-order chi connectivity index (χ0) is 17.8. The van der Waals surface area contributed by atoms with Crippen LogP contribution in [0.4, 0.5) is 0 Å². The Balaban J connectivity index is 2.09. The minimum absolute atomic E-state index is 0.280. The Labute approximate surface area is 149 Å². The van der Waals surface area contributed by atoms with Crippen LogP contribution in [0.15, 0.2) is 48.5 Å². The molecule has 1 heterocycles. The van der Waals surface area contributed by atoms with Crippen LogP contribution in [0.2, 0.25) is 5.02 Å². The molecule has 0 amide bonds. The molecular weight excluding hydrogens is 342 g/mol. The first-order valence-corrected chi connectivity index (χ1v) is 7.92. The van der Waals surface area contributed by atoms with Crippen molar-refractivity contribution in [2.75, 3.05) is 14.2 Å². The molecule has 0 aliphatic carbocycles. The molecule has 1 atom stereocenters. The van der Waals surface area contributed by atoms with Gasteiger partial charge in [-0.2, -0.15) is 4.68 Å². The molecule has 0 saturated carbocycles. The lowest BCUT2D eigenvalue weighted by molar-refractivity contribution is 0.0600. The maximum absolute atomic E-state index is 12.1. The van der Waals surface area contributed by atoms with Crippen molar-refractivity contribution in [3.63, 3.8) is 0 Å². The standard InChI is InChI=1S/C17H16ClN5O2/c1-19-15(11-7-9-12(18)10-8-11)16-20-21-22-23(16)14-6-4-3-5-13(14)17(24)25-2/h3-10,15,19H,1-2H3. The first-order chi connectivity index (χ1) is 12.2. The second-order valence-electron chi connectivity index (χ2n) is 5.23. The summed E-state index contributed by atoms with van der Waals surface area (Å²) in [6.45, 7) is 0. The molecular formula is C17H16ClN5O2. The van der Waals surface area contributed by atoms with Gasteiger partial charge in [-0.25, -0.2) is 4.79 Å². The number of benzene rings is 2. The molecule has 7 nitrogen and oxygen atoms in total. The van der Waals surface area contributed by atoms with E-state index >= 15 is 0 Å². The molecule has 1 aromatic heterocycles. The lowest BCUT2D eigenvalue weighted by Gasteiger charge is -2.17. The van der Waals surface area contributed by atoms with Crippen LogP contribution < -0.4 is 5.32 Å². The zero-order valence-electron chi connectivity index (χ0n) is 13.7. The molecule has 2 aromatic carbocycles. The van der Waals surface area contributed by atoms with Gasteiger partial charge in [-0.05, 0) is 47.3 Å². The number of rotatable bonds is 5. The van der Waals surface area contributed by atoms with Gasteiger partial charge in [0.1, 0.15) is 0 Å². The van der Waals surface area contributed by atoms with E-state index < -0.39 is 5.97 Å². The highest BCUT2D eigenvalue weighted by Gasteiger charge is 2.23. The fraction of sp³-hybridized carbons (Fsp3) is 0.176. The number of esters is 1. The van der Waals surface area contributed by atoms with Crippen molar-refractivity contribution in [2.24, 2.45) is 0 Å². The third-order valence-corrected chi connectivity index (χ3v) is 4.03. The SMILES string of the molecule is CNC(c1ccc(Cl)cc1)c1nnnn1-c1ccccc1C(=O)OC. The van der Waals surface area contributed by atoms with E-state index in [9.17, 15) is 4.79 Å². The minimum Gasteiger partial charge on any atom is -0.465 e. The Bertz CT molecular complexity index is 879. The molecule has 0 radical (unpaired) electrons. The van der Waals surface area contributed by atoms with Crippen molar-refractivity contribution in [1.82, 2.24) is 25.5 Å². The number of ether oxygens (including phenoxy) is 1. The number of halogens is 1. The smallest absolute Gasteiger partial charge is 0.340 e. The van der Waals surface area contributed by atoms with Crippen molar-refractivity contribution in [3.05, 3.63) is 70.5 Å². The number of nitrogens with zero attached hydrogens (tertiary/aromatic N) is 4. The number of hydrogen-bond acceptors (Lipinski definition) is 6. The summed E-state index contributed by atoms with van der Waals surface area (Å²) in [5.41, 5.74) is 1.87. The minimum atomic E-state index is -0.454. The summed E-state index contributed by atoms with van der Waals surface area (Å²) < 4.78 is 6.38. The number of tetrazole rings is 1. The van der Waals surface area contributed by atoms with Crippen LogP contribution >= 0.6 is 11.6 Å². The van der Waals surface area contributed by atoms with Gasteiger partial charge in [-0.1, -0.05) is 35.9 Å². The molecule has 128 valence electrons. The monoisotopic (exact) mass is 357 g/mol. The Morgan fingerprint density at radius 2 is 1.92 bits per heavy atom.